The van der Waals surface area contributed by atoms with Crippen LogP contribution in [0, 0.1) is 9.81 Å². The number of nitrogens with two attached hydrogens (primary N) is 1. The van der Waals surface area contributed by atoms with Gasteiger partial charge in [-0.25, -0.2) is 0 Å². The topological polar surface area (TPSA) is 156 Å². The Morgan fingerprint density at radius 1 is 1.00 bits per heavy atom. The number of aliphatic carboxylic acids is 2. The van der Waals surface area contributed by atoms with Crippen molar-refractivity contribution in [2.75, 3.05) is 0 Å². The number of carbonyl (C=O) groups excluding carboxylic acids is 2. The number of nitrogens with zero attached hydrogens (tertiary/aromatic N) is 2. The first-order valence-corrected chi connectivity index (χ1v) is 1.95. The van der Waals surface area contributed by atoms with Crippen molar-refractivity contribution < 1.29 is 45.8 Å². The molecule has 0 aromatic rings. The van der Waals surface area contributed by atoms with E-state index in [9.17, 15) is 0 Å². The fraction of sp³-hybridized carbons (Fsp3) is 0. The second kappa shape index (κ2) is 12.4. The average Bonchev–Trinajstić information content (AvgIpc) is 1.90. The Morgan fingerprint density at radius 2 is 1.25 bits per heavy atom. The number of rotatable bonds is 2. The number of hydrogen-bond acceptors (Lipinski definition) is 8. The molecule has 0 spiro atoms. The van der Waals surface area contributed by atoms with Gasteiger partial charge >= 0.3 is 0 Å². The van der Waals surface area contributed by atoms with Crippen LogP contribution in [-0.2, 0) is 30.0 Å². The van der Waals surface area contributed by atoms with Gasteiger partial charge in [0.05, 0.1) is 11.9 Å². The van der Waals surface area contributed by atoms with Crippen LogP contribution in [0.1, 0.15) is 0 Å². The van der Waals surface area contributed by atoms with Gasteiger partial charge in [0, 0.05) is 20.4 Å². The van der Waals surface area contributed by atoms with Crippen LogP contribution in [0.4, 0.5) is 0 Å². The molecule has 9 nitrogen and oxygen atoms in total. The van der Waals surface area contributed by atoms with E-state index in [0.29, 0.717) is 5.53 Å². The quantitative estimate of drug-likeness (QED) is 0.175. The van der Waals surface area contributed by atoms with Crippen molar-refractivity contribution in [3.05, 3.63) is 9.81 Å². The average molecular weight is 270 g/mol. The number of carboxylic acids is 2. The van der Waals surface area contributed by atoms with Crippen LogP contribution in [0.15, 0.2) is 10.6 Å². The van der Waals surface area contributed by atoms with Crippen LogP contribution >= 0.6 is 0 Å². The first-order valence-electron chi connectivity index (χ1n) is 1.95. The standard InChI is InChI=1S/C2H2O4.HN3O2.Pd/c3-1(4)2(5)6;4-2-1-3-5;/h(H,3,4)(H,5,6);(H,1,4,5);/p-1. The van der Waals surface area contributed by atoms with Crippen molar-refractivity contribution in [2.24, 2.45) is 10.6 Å². The summed E-state index contributed by atoms with van der Waals surface area (Å²) < 4.78 is 0. The molecule has 0 aliphatic rings. The maximum Gasteiger partial charge on any atom is 0.181 e. The minimum Gasteiger partial charge on any atom is -0.543 e. The number of hydrogen-bond donors (Lipinski definition) is 1. The molecule has 0 fully saturated rings. The third-order valence-corrected chi connectivity index (χ3v) is 0.261. The van der Waals surface area contributed by atoms with Crippen molar-refractivity contribution >= 4 is 11.9 Å². The van der Waals surface area contributed by atoms with Crippen molar-refractivity contribution in [1.29, 1.82) is 0 Å². The molecule has 0 aliphatic carbocycles. The molecule has 0 aromatic carbocycles. The van der Waals surface area contributed by atoms with Gasteiger partial charge in [0.15, 0.2) is 10.6 Å². The summed E-state index contributed by atoms with van der Waals surface area (Å²) in [5.74, 6) is -4.37. The van der Waals surface area contributed by atoms with Crippen LogP contribution in [0.5, 0.6) is 0 Å². The summed E-state index contributed by atoms with van der Waals surface area (Å²) in [4.78, 5) is 35.5. The molecular weight excluding hydrogens is 268 g/mol. The van der Waals surface area contributed by atoms with E-state index in [2.05, 4.69) is 0 Å². The summed E-state index contributed by atoms with van der Waals surface area (Å²) in [5, 5.41) is 21.9. The monoisotopic (exact) mass is 270 g/mol. The van der Waals surface area contributed by atoms with Crippen LogP contribution in [-0.4, -0.2) is 11.9 Å². The molecule has 0 unspecified atom stereocenters. The molecule has 0 amide bonds. The van der Waals surface area contributed by atoms with E-state index in [-0.39, 0.29) is 20.4 Å². The van der Waals surface area contributed by atoms with E-state index in [1.807, 2.05) is 10.6 Å². The minimum atomic E-state index is -2.19. The number of nitroso groups, excluding NO2 is 2. The Morgan fingerprint density at radius 3 is 1.25 bits per heavy atom. The predicted octanol–water partition coefficient (Wildman–Crippen LogP) is -4.60. The van der Waals surface area contributed by atoms with E-state index < -0.39 is 11.9 Å². The zero-order chi connectivity index (χ0) is 9.28. The van der Waals surface area contributed by atoms with Gasteiger partial charge in [-0.05, 0) is 5.53 Å². The molecule has 0 bridgehead atoms. The van der Waals surface area contributed by atoms with Crippen molar-refractivity contribution in [2.45, 2.75) is 0 Å². The maximum atomic E-state index is 8.93. The summed E-state index contributed by atoms with van der Waals surface area (Å²) in [6, 6.07) is 0. The normalized spacial score (nSPS) is 6.33. The van der Waals surface area contributed by atoms with E-state index >= 15 is 0 Å². The molecule has 2 N–H and O–H groups in total. The Bertz CT molecular complexity index is 152. The third-order valence-electron chi connectivity index (χ3n) is 0.261. The molecule has 0 saturated carbocycles. The first kappa shape index (κ1) is 17.0. The minimum absolute atomic E-state index is 0. The molecule has 10 heteroatoms. The van der Waals surface area contributed by atoms with Crippen LogP contribution in [0.25, 0.3) is 0 Å². The summed E-state index contributed by atoms with van der Waals surface area (Å²) in [5.41, 5.74) is 0.389. The Hall–Kier alpha value is -1.24. The maximum absolute atomic E-state index is 8.93. The molecule has 72 valence electrons. The van der Waals surface area contributed by atoms with E-state index in [0.717, 1.165) is 0 Å². The van der Waals surface area contributed by atoms with E-state index in [4.69, 9.17) is 29.6 Å². The fourth-order valence-electron chi connectivity index (χ4n) is 0.0192. The predicted molar refractivity (Wildman–Crippen MR) is 23.5 cm³/mol. The van der Waals surface area contributed by atoms with Gasteiger partial charge in [0.1, 0.15) is 0 Å². The molecule has 0 aromatic heterocycles. The number of carbonyl (C=O) groups is 2. The molecular formula is C2H2N3O6Pd-. The Labute approximate surface area is 78.7 Å². The number of carboxylic acid groups (broad SMARTS) is 2. The zero-order valence-corrected chi connectivity index (χ0v) is 6.79. The van der Waals surface area contributed by atoms with Crippen LogP contribution in [0.3, 0.4) is 0 Å². The van der Waals surface area contributed by atoms with Crippen LogP contribution < -0.4 is 15.7 Å². The smallest absolute Gasteiger partial charge is 0.181 e. The summed E-state index contributed by atoms with van der Waals surface area (Å²) in [6.07, 6.45) is 0. The van der Waals surface area contributed by atoms with Crippen LogP contribution in [0.2, 0.25) is 0 Å². The van der Waals surface area contributed by atoms with Gasteiger partial charge < -0.3 is 19.8 Å². The molecule has 0 saturated heterocycles. The van der Waals surface area contributed by atoms with E-state index in [1.165, 1.54) is 0 Å². The van der Waals surface area contributed by atoms with Gasteiger partial charge in [-0.15, -0.1) is 0 Å². The van der Waals surface area contributed by atoms with Gasteiger partial charge in [0.2, 0.25) is 0 Å². The summed E-state index contributed by atoms with van der Waals surface area (Å²) in [6.45, 7) is 0. The number of quaternary nitrogens is 1. The molecule has 0 heterocycles. The summed E-state index contributed by atoms with van der Waals surface area (Å²) in [7, 11) is 0. The first-order chi connectivity index (χ1) is 5.06. The van der Waals surface area contributed by atoms with Gasteiger partial charge in [-0.3, -0.25) is 0 Å². The molecule has 0 rings (SSSR count). The van der Waals surface area contributed by atoms with Gasteiger partial charge in [0.25, 0.3) is 0 Å². The SMILES string of the molecule is O=C([O-])C(=O)[O-].O=N[NH2+]N=O.[Pd]. The molecule has 12 heavy (non-hydrogen) atoms. The van der Waals surface area contributed by atoms with Gasteiger partial charge in [-0.2, -0.15) is 0 Å². The van der Waals surface area contributed by atoms with Gasteiger partial charge in [-0.1, -0.05) is 9.81 Å². The molecule has 0 radical (unpaired) electrons. The Kier molecular flexibility index (Phi) is 17.6. The van der Waals surface area contributed by atoms with Crippen molar-refractivity contribution in [3.63, 3.8) is 0 Å². The second-order valence-electron chi connectivity index (χ2n) is 0.901. The zero-order valence-electron chi connectivity index (χ0n) is 5.24. The largest absolute Gasteiger partial charge is 0.543 e. The molecule has 0 atom stereocenters. The van der Waals surface area contributed by atoms with Crippen molar-refractivity contribution in [3.8, 4) is 0 Å². The Balaban J connectivity index is -0.000000126. The fourth-order valence-corrected chi connectivity index (χ4v) is 0.0192. The van der Waals surface area contributed by atoms with Crippen molar-refractivity contribution in [1.82, 2.24) is 0 Å². The second-order valence-corrected chi connectivity index (χ2v) is 0.901. The molecule has 0 aliphatic heterocycles. The summed E-state index contributed by atoms with van der Waals surface area (Å²) >= 11 is 0. The third kappa shape index (κ3) is 23.3. The van der Waals surface area contributed by atoms with E-state index in [1.54, 1.807) is 0 Å².